The van der Waals surface area contributed by atoms with Gasteiger partial charge in [-0.15, -0.1) is 0 Å². The first-order valence-electron chi connectivity index (χ1n) is 7.35. The van der Waals surface area contributed by atoms with Gasteiger partial charge in [0.25, 0.3) is 0 Å². The Balaban J connectivity index is 1.95. The number of rotatable bonds is 5. The summed E-state index contributed by atoms with van der Waals surface area (Å²) in [6, 6.07) is 8.12. The molecule has 0 aromatic heterocycles. The Kier molecular flexibility index (Phi) is 5.32. The molecular weight excluding hydrogens is 282 g/mol. The van der Waals surface area contributed by atoms with Crippen LogP contribution in [0.4, 0.5) is 0 Å². The first kappa shape index (κ1) is 16.4. The zero-order valence-corrected chi connectivity index (χ0v) is 13.8. The van der Waals surface area contributed by atoms with Crippen LogP contribution in [0, 0.1) is 5.92 Å². The maximum Gasteiger partial charge on any atom is 0.103 e. The van der Waals surface area contributed by atoms with Crippen LogP contribution < -0.4 is 5.73 Å². The van der Waals surface area contributed by atoms with E-state index in [2.05, 4.69) is 30.8 Å². The van der Waals surface area contributed by atoms with Crippen LogP contribution in [0.25, 0.3) is 0 Å². The Bertz CT molecular complexity index is 489. The molecule has 0 saturated carbocycles. The predicted octanol–water partition coefficient (Wildman–Crippen LogP) is 1.24. The number of hydrogen-bond acceptors (Lipinski definition) is 4. The zero-order valence-electron chi connectivity index (χ0n) is 13.0. The Morgan fingerprint density at radius 2 is 2.00 bits per heavy atom. The first-order valence-corrected chi connectivity index (χ1v) is 7.76. The molecule has 0 bridgehead atoms. The smallest absolute Gasteiger partial charge is 0.103 e. The van der Waals surface area contributed by atoms with Crippen LogP contribution in [0.1, 0.15) is 24.2 Å². The number of nitrogens with zero attached hydrogens (tertiary/aromatic N) is 2. The van der Waals surface area contributed by atoms with Gasteiger partial charge in [-0.2, -0.15) is 0 Å². The van der Waals surface area contributed by atoms with Crippen molar-refractivity contribution in [2.45, 2.75) is 19.1 Å². The standard InChI is InChI=1S/C16H25N3OS/c1-11-8-19(9-14(11)18(2)3)10-15(20)12-4-6-13(7-5-12)16(17)21/h4-7,11,14-15,20H,8-10H2,1-3H3,(H2,17,21). The molecule has 0 aliphatic carbocycles. The number of benzene rings is 1. The van der Waals surface area contributed by atoms with E-state index in [-0.39, 0.29) is 0 Å². The Hall–Kier alpha value is -1.01. The number of nitrogens with two attached hydrogens (primary N) is 1. The Labute approximate surface area is 132 Å². The van der Waals surface area contributed by atoms with E-state index in [9.17, 15) is 5.11 Å². The van der Waals surface area contributed by atoms with E-state index in [1.165, 1.54) is 0 Å². The minimum absolute atomic E-state index is 0.387. The molecule has 1 saturated heterocycles. The number of hydrogen-bond donors (Lipinski definition) is 2. The number of likely N-dealkylation sites (tertiary alicyclic amines) is 1. The minimum Gasteiger partial charge on any atom is -0.389 e. The lowest BCUT2D eigenvalue weighted by atomic mass is 10.1. The van der Waals surface area contributed by atoms with Crippen molar-refractivity contribution < 1.29 is 5.11 Å². The molecule has 116 valence electrons. The fraction of sp³-hybridized carbons (Fsp3) is 0.562. The second-order valence-electron chi connectivity index (χ2n) is 6.23. The van der Waals surface area contributed by atoms with E-state index in [0.717, 1.165) is 24.2 Å². The molecule has 5 heteroatoms. The number of aliphatic hydroxyl groups is 1. The molecule has 1 heterocycles. The molecular formula is C16H25N3OS. The van der Waals surface area contributed by atoms with Crippen molar-refractivity contribution in [1.29, 1.82) is 0 Å². The number of likely N-dealkylation sites (N-methyl/N-ethyl adjacent to an activating group) is 1. The van der Waals surface area contributed by atoms with Crippen molar-refractivity contribution in [3.8, 4) is 0 Å². The molecule has 3 unspecified atom stereocenters. The van der Waals surface area contributed by atoms with Crippen LogP contribution in [0.3, 0.4) is 0 Å². The minimum atomic E-state index is -0.474. The van der Waals surface area contributed by atoms with Gasteiger partial charge >= 0.3 is 0 Å². The lowest BCUT2D eigenvalue weighted by Crippen LogP contribution is -2.35. The van der Waals surface area contributed by atoms with Gasteiger partial charge < -0.3 is 15.7 Å². The van der Waals surface area contributed by atoms with Crippen molar-refractivity contribution >= 4 is 17.2 Å². The summed E-state index contributed by atoms with van der Waals surface area (Å²) in [6.45, 7) is 4.98. The van der Waals surface area contributed by atoms with Crippen LogP contribution >= 0.6 is 12.2 Å². The topological polar surface area (TPSA) is 52.7 Å². The lowest BCUT2D eigenvalue weighted by molar-refractivity contribution is 0.122. The fourth-order valence-corrected chi connectivity index (χ4v) is 3.22. The molecule has 21 heavy (non-hydrogen) atoms. The van der Waals surface area contributed by atoms with Gasteiger partial charge in [0.05, 0.1) is 6.10 Å². The summed E-state index contributed by atoms with van der Waals surface area (Å²) in [5.41, 5.74) is 7.34. The van der Waals surface area contributed by atoms with Gasteiger partial charge in [0.15, 0.2) is 0 Å². The summed E-state index contributed by atoms with van der Waals surface area (Å²) < 4.78 is 0. The SMILES string of the molecule is CC1CN(CC(O)c2ccc(C(N)=S)cc2)CC1N(C)C. The molecule has 0 radical (unpaired) electrons. The molecule has 1 aliphatic rings. The molecule has 3 atom stereocenters. The number of β-amino-alcohol motifs (C(OH)–C–C–N with tert-alkyl or cyclic N) is 1. The lowest BCUT2D eigenvalue weighted by Gasteiger charge is -2.23. The van der Waals surface area contributed by atoms with E-state index >= 15 is 0 Å². The summed E-state index contributed by atoms with van der Waals surface area (Å²) in [7, 11) is 4.24. The molecule has 2 rings (SSSR count). The highest BCUT2D eigenvalue weighted by atomic mass is 32.1. The third-order valence-corrected chi connectivity index (χ3v) is 4.56. The predicted molar refractivity (Wildman–Crippen MR) is 90.4 cm³/mol. The summed E-state index contributed by atoms with van der Waals surface area (Å²) in [5, 5.41) is 10.4. The fourth-order valence-electron chi connectivity index (χ4n) is 3.09. The van der Waals surface area contributed by atoms with E-state index < -0.39 is 6.10 Å². The average molecular weight is 307 g/mol. The largest absolute Gasteiger partial charge is 0.389 e. The maximum atomic E-state index is 10.4. The quantitative estimate of drug-likeness (QED) is 0.802. The molecule has 4 nitrogen and oxygen atoms in total. The summed E-state index contributed by atoms with van der Waals surface area (Å²) in [4.78, 5) is 4.99. The highest BCUT2D eigenvalue weighted by Crippen LogP contribution is 2.23. The maximum absolute atomic E-state index is 10.4. The third-order valence-electron chi connectivity index (χ3n) is 4.32. The van der Waals surface area contributed by atoms with Gasteiger partial charge in [-0.25, -0.2) is 0 Å². The molecule has 1 aromatic rings. The molecule has 1 aliphatic heterocycles. The summed E-state index contributed by atoms with van der Waals surface area (Å²) >= 11 is 4.94. The van der Waals surface area contributed by atoms with Gasteiger partial charge in [-0.05, 0) is 25.6 Å². The highest BCUT2D eigenvalue weighted by Gasteiger charge is 2.31. The second kappa shape index (κ2) is 6.83. The highest BCUT2D eigenvalue weighted by molar-refractivity contribution is 7.80. The normalized spacial score (nSPS) is 24.4. The van der Waals surface area contributed by atoms with Gasteiger partial charge in [0.1, 0.15) is 4.99 Å². The molecule has 1 aromatic carbocycles. The number of aliphatic hydroxyl groups excluding tert-OH is 1. The third kappa shape index (κ3) is 4.01. The average Bonchev–Trinajstić information content (AvgIpc) is 2.79. The molecule has 0 amide bonds. The Morgan fingerprint density at radius 1 is 1.38 bits per heavy atom. The van der Waals surface area contributed by atoms with Gasteiger partial charge in [0, 0.05) is 31.2 Å². The Morgan fingerprint density at radius 3 is 2.48 bits per heavy atom. The second-order valence-corrected chi connectivity index (χ2v) is 6.67. The molecule has 3 N–H and O–H groups in total. The van der Waals surface area contributed by atoms with Crippen molar-refractivity contribution in [1.82, 2.24) is 9.80 Å². The summed E-state index contributed by atoms with van der Waals surface area (Å²) in [5.74, 6) is 0.629. The van der Waals surface area contributed by atoms with E-state index in [1.54, 1.807) is 0 Å². The van der Waals surface area contributed by atoms with Crippen molar-refractivity contribution in [3.05, 3.63) is 35.4 Å². The van der Waals surface area contributed by atoms with Crippen LogP contribution in [0.15, 0.2) is 24.3 Å². The van der Waals surface area contributed by atoms with E-state index in [1.807, 2.05) is 24.3 Å². The van der Waals surface area contributed by atoms with Gasteiger partial charge in [-0.3, -0.25) is 4.90 Å². The van der Waals surface area contributed by atoms with Crippen LogP contribution in [-0.2, 0) is 0 Å². The van der Waals surface area contributed by atoms with Crippen LogP contribution in [0.2, 0.25) is 0 Å². The molecule has 1 fully saturated rings. The van der Waals surface area contributed by atoms with E-state index in [4.69, 9.17) is 18.0 Å². The monoisotopic (exact) mass is 307 g/mol. The van der Waals surface area contributed by atoms with Gasteiger partial charge in [0.2, 0.25) is 0 Å². The molecule has 0 spiro atoms. The van der Waals surface area contributed by atoms with E-state index in [0.29, 0.717) is 23.5 Å². The van der Waals surface area contributed by atoms with Gasteiger partial charge in [-0.1, -0.05) is 43.4 Å². The van der Waals surface area contributed by atoms with Crippen LogP contribution in [-0.4, -0.2) is 59.7 Å². The van der Waals surface area contributed by atoms with Crippen molar-refractivity contribution in [2.24, 2.45) is 11.7 Å². The van der Waals surface area contributed by atoms with Crippen LogP contribution in [0.5, 0.6) is 0 Å². The number of thiocarbonyl (C=S) groups is 1. The van der Waals surface area contributed by atoms with Crippen molar-refractivity contribution in [2.75, 3.05) is 33.7 Å². The van der Waals surface area contributed by atoms with Crippen molar-refractivity contribution in [3.63, 3.8) is 0 Å². The zero-order chi connectivity index (χ0) is 15.6. The summed E-state index contributed by atoms with van der Waals surface area (Å²) in [6.07, 6.45) is -0.474. The first-order chi connectivity index (χ1) is 9.88.